The fourth-order valence-electron chi connectivity index (χ4n) is 2.68. The van der Waals surface area contributed by atoms with E-state index < -0.39 is 0 Å². The van der Waals surface area contributed by atoms with Crippen molar-refractivity contribution in [2.24, 2.45) is 0 Å². The van der Waals surface area contributed by atoms with Crippen molar-refractivity contribution in [1.82, 2.24) is 0 Å². The summed E-state index contributed by atoms with van der Waals surface area (Å²) in [5.41, 5.74) is 7.23. The van der Waals surface area contributed by atoms with Crippen LogP contribution >= 0.6 is 12.6 Å². The van der Waals surface area contributed by atoms with E-state index in [0.717, 1.165) is 19.0 Å². The molecule has 0 amide bonds. The Hall–Kier alpha value is -0.470. The molecule has 2 rings (SSSR count). The van der Waals surface area contributed by atoms with E-state index in [0.29, 0.717) is 0 Å². The van der Waals surface area contributed by atoms with Gasteiger partial charge in [0.15, 0.2) is 0 Å². The van der Waals surface area contributed by atoms with Gasteiger partial charge in [0.2, 0.25) is 0 Å². The highest BCUT2D eigenvalue weighted by Gasteiger charge is 2.41. The van der Waals surface area contributed by atoms with E-state index in [9.17, 15) is 0 Å². The third-order valence-electron chi connectivity index (χ3n) is 3.96. The Morgan fingerprint density at radius 2 is 1.62 bits per heavy atom. The van der Waals surface area contributed by atoms with E-state index >= 15 is 0 Å². The predicted molar refractivity (Wildman–Crippen MR) is 71.7 cm³/mol. The summed E-state index contributed by atoms with van der Waals surface area (Å²) >= 11 is 4.53. The van der Waals surface area contributed by atoms with Gasteiger partial charge >= 0.3 is 0 Å². The summed E-state index contributed by atoms with van der Waals surface area (Å²) < 4.78 is 5.42. The van der Waals surface area contributed by atoms with Gasteiger partial charge in [-0.3, -0.25) is 0 Å². The van der Waals surface area contributed by atoms with Crippen LogP contribution in [0.5, 0.6) is 0 Å². The van der Waals surface area contributed by atoms with Crippen molar-refractivity contribution in [3.63, 3.8) is 0 Å². The Labute approximate surface area is 104 Å². The van der Waals surface area contributed by atoms with Gasteiger partial charge in [-0.25, -0.2) is 0 Å². The second-order valence-corrected chi connectivity index (χ2v) is 5.38. The van der Waals surface area contributed by atoms with Gasteiger partial charge in [-0.15, -0.1) is 0 Å². The van der Waals surface area contributed by atoms with Gasteiger partial charge in [0.25, 0.3) is 0 Å². The van der Waals surface area contributed by atoms with Crippen LogP contribution in [0, 0.1) is 27.7 Å². The molecule has 1 aliphatic heterocycles. The summed E-state index contributed by atoms with van der Waals surface area (Å²) in [6.45, 7) is 10.5. The minimum atomic E-state index is 0.161. The molecule has 0 N–H and O–H groups in total. The van der Waals surface area contributed by atoms with Gasteiger partial charge in [0.1, 0.15) is 0 Å². The highest BCUT2D eigenvalue weighted by Crippen LogP contribution is 2.39. The fourth-order valence-corrected chi connectivity index (χ4v) is 3.02. The first-order valence-electron chi connectivity index (χ1n) is 5.78. The van der Waals surface area contributed by atoms with Crippen LogP contribution in [0.25, 0.3) is 0 Å². The Bertz CT molecular complexity index is 387. The molecule has 0 radical (unpaired) electrons. The number of ether oxygens (including phenoxy) is 1. The normalized spacial score (nSPS) is 18.3. The number of thiol groups is 1. The van der Waals surface area contributed by atoms with Gasteiger partial charge in [-0.2, -0.15) is 12.6 Å². The van der Waals surface area contributed by atoms with Crippen LogP contribution in [0.4, 0.5) is 0 Å². The second kappa shape index (κ2) is 4.08. The lowest BCUT2D eigenvalue weighted by Gasteiger charge is -2.43. The zero-order valence-corrected chi connectivity index (χ0v) is 11.4. The average Bonchev–Trinajstić information content (AvgIpc) is 2.19. The van der Waals surface area contributed by atoms with Crippen molar-refractivity contribution >= 4 is 12.6 Å². The lowest BCUT2D eigenvalue weighted by atomic mass is 9.74. The quantitative estimate of drug-likeness (QED) is 0.776. The monoisotopic (exact) mass is 236 g/mol. The van der Waals surface area contributed by atoms with E-state index in [1.807, 2.05) is 0 Å². The van der Waals surface area contributed by atoms with Gasteiger partial charge in [0, 0.05) is 5.75 Å². The molecular formula is C14H20OS. The summed E-state index contributed by atoms with van der Waals surface area (Å²) in [5, 5.41) is 0. The third-order valence-corrected chi connectivity index (χ3v) is 4.56. The zero-order valence-electron chi connectivity index (χ0n) is 10.6. The van der Waals surface area contributed by atoms with Crippen LogP contribution in [0.15, 0.2) is 6.07 Å². The van der Waals surface area contributed by atoms with Crippen molar-refractivity contribution in [3.05, 3.63) is 33.9 Å². The maximum atomic E-state index is 5.42. The van der Waals surface area contributed by atoms with Crippen LogP contribution in [0.1, 0.15) is 27.8 Å². The molecule has 1 aromatic rings. The summed E-state index contributed by atoms with van der Waals surface area (Å²) in [5.74, 6) is 0.873. The van der Waals surface area contributed by atoms with Gasteiger partial charge in [0.05, 0.1) is 18.6 Å². The number of hydrogen-bond acceptors (Lipinski definition) is 2. The largest absolute Gasteiger partial charge is 0.379 e. The number of aryl methyl sites for hydroxylation is 2. The molecule has 1 fully saturated rings. The van der Waals surface area contributed by atoms with E-state index in [4.69, 9.17) is 4.74 Å². The Balaban J connectivity index is 2.63. The molecule has 16 heavy (non-hydrogen) atoms. The molecule has 1 aromatic carbocycles. The number of hydrogen-bond donors (Lipinski definition) is 1. The van der Waals surface area contributed by atoms with Crippen LogP contribution < -0.4 is 0 Å². The Morgan fingerprint density at radius 1 is 1.12 bits per heavy atom. The smallest absolute Gasteiger partial charge is 0.0593 e. The van der Waals surface area contributed by atoms with Crippen molar-refractivity contribution in [2.45, 2.75) is 33.1 Å². The topological polar surface area (TPSA) is 9.23 Å². The molecule has 2 heteroatoms. The Kier molecular flexibility index (Phi) is 3.06. The fraction of sp³-hybridized carbons (Fsp3) is 0.571. The SMILES string of the molecule is Cc1cc(C)c(C)c(C2(CS)COC2)c1C. The molecule has 1 aliphatic rings. The predicted octanol–water partition coefficient (Wildman–Crippen LogP) is 3.12. The highest BCUT2D eigenvalue weighted by atomic mass is 32.1. The van der Waals surface area contributed by atoms with Crippen LogP contribution in [0.3, 0.4) is 0 Å². The molecule has 0 atom stereocenters. The number of rotatable bonds is 2. The second-order valence-electron chi connectivity index (χ2n) is 5.07. The van der Waals surface area contributed by atoms with Gasteiger partial charge in [-0.05, 0) is 55.5 Å². The van der Waals surface area contributed by atoms with Crippen LogP contribution in [-0.4, -0.2) is 19.0 Å². The zero-order chi connectivity index (χ0) is 11.9. The van der Waals surface area contributed by atoms with Crippen LogP contribution in [0.2, 0.25) is 0 Å². The molecule has 0 aliphatic carbocycles. The van der Waals surface area contributed by atoms with Crippen LogP contribution in [-0.2, 0) is 10.2 Å². The van der Waals surface area contributed by atoms with Crippen molar-refractivity contribution < 1.29 is 4.74 Å². The molecule has 1 saturated heterocycles. The molecule has 0 unspecified atom stereocenters. The molecule has 1 nitrogen and oxygen atoms in total. The molecule has 0 spiro atoms. The van der Waals surface area contributed by atoms with Crippen molar-refractivity contribution in [2.75, 3.05) is 19.0 Å². The van der Waals surface area contributed by atoms with Gasteiger partial charge < -0.3 is 4.74 Å². The molecule has 0 aromatic heterocycles. The first-order chi connectivity index (χ1) is 7.52. The summed E-state index contributed by atoms with van der Waals surface area (Å²) in [6, 6.07) is 2.28. The lowest BCUT2D eigenvalue weighted by molar-refractivity contribution is -0.0477. The first kappa shape index (κ1) is 12.0. The van der Waals surface area contributed by atoms with E-state index in [1.54, 1.807) is 0 Å². The maximum Gasteiger partial charge on any atom is 0.0593 e. The summed E-state index contributed by atoms with van der Waals surface area (Å²) in [4.78, 5) is 0. The number of benzene rings is 1. The molecule has 1 heterocycles. The maximum absolute atomic E-state index is 5.42. The molecule has 0 saturated carbocycles. The standard InChI is InChI=1S/C14H20OS/c1-9-5-10(2)12(4)13(11(9)3)14(8-16)6-15-7-14/h5,16H,6-8H2,1-4H3. The summed E-state index contributed by atoms with van der Waals surface area (Å²) in [6.07, 6.45) is 0. The highest BCUT2D eigenvalue weighted by molar-refractivity contribution is 7.80. The minimum absolute atomic E-state index is 0.161. The van der Waals surface area contributed by atoms with Gasteiger partial charge in [-0.1, -0.05) is 6.07 Å². The van der Waals surface area contributed by atoms with E-state index in [2.05, 4.69) is 46.4 Å². The minimum Gasteiger partial charge on any atom is -0.379 e. The average molecular weight is 236 g/mol. The third kappa shape index (κ3) is 1.59. The molecule has 88 valence electrons. The lowest BCUT2D eigenvalue weighted by Crippen LogP contribution is -2.49. The first-order valence-corrected chi connectivity index (χ1v) is 6.41. The summed E-state index contributed by atoms with van der Waals surface area (Å²) in [7, 11) is 0. The van der Waals surface area contributed by atoms with Crippen molar-refractivity contribution in [3.8, 4) is 0 Å². The van der Waals surface area contributed by atoms with Crippen molar-refractivity contribution in [1.29, 1.82) is 0 Å². The molecule has 0 bridgehead atoms. The molecular weight excluding hydrogens is 216 g/mol. The Morgan fingerprint density at radius 3 is 1.94 bits per heavy atom. The van der Waals surface area contributed by atoms with E-state index in [-0.39, 0.29) is 5.41 Å². The van der Waals surface area contributed by atoms with E-state index in [1.165, 1.54) is 27.8 Å².